The second-order valence-corrected chi connectivity index (χ2v) is 7.22. The summed E-state index contributed by atoms with van der Waals surface area (Å²) in [5, 5.41) is 10.9. The van der Waals surface area contributed by atoms with Gasteiger partial charge in [0.15, 0.2) is 11.9 Å². The fourth-order valence-electron chi connectivity index (χ4n) is 3.95. The van der Waals surface area contributed by atoms with Crippen molar-refractivity contribution in [2.24, 2.45) is 0 Å². The minimum absolute atomic E-state index is 0.262. The highest BCUT2D eigenvalue weighted by molar-refractivity contribution is 6.02. The third-order valence-electron chi connectivity index (χ3n) is 5.40. The third-order valence-corrected chi connectivity index (χ3v) is 5.40. The van der Waals surface area contributed by atoms with Gasteiger partial charge in [-0.3, -0.25) is 14.7 Å². The van der Waals surface area contributed by atoms with Gasteiger partial charge in [0.05, 0.1) is 0 Å². The molecule has 3 aromatic rings. The molecule has 30 heavy (non-hydrogen) atoms. The molecular formula is C20H16F2N6O2. The van der Waals surface area contributed by atoms with Gasteiger partial charge in [-0.2, -0.15) is 0 Å². The predicted octanol–water partition coefficient (Wildman–Crippen LogP) is 2.29. The number of likely N-dealkylation sites (N-methyl/N-ethyl adjacent to an activating group) is 1. The number of urea groups is 1. The highest BCUT2D eigenvalue weighted by atomic mass is 19.1. The molecular weight excluding hydrogens is 394 g/mol. The zero-order valence-corrected chi connectivity index (χ0v) is 15.8. The van der Waals surface area contributed by atoms with E-state index in [9.17, 15) is 18.4 Å². The maximum Gasteiger partial charge on any atom is 0.325 e. The summed E-state index contributed by atoms with van der Waals surface area (Å²) in [6.45, 7) is 0.262. The normalized spacial score (nSPS) is 20.2. The lowest BCUT2D eigenvalue weighted by Crippen LogP contribution is -2.61. The summed E-state index contributed by atoms with van der Waals surface area (Å²) in [5.74, 6) is -0.400. The van der Waals surface area contributed by atoms with Crippen molar-refractivity contribution in [1.82, 2.24) is 25.0 Å². The van der Waals surface area contributed by atoms with Crippen molar-refractivity contribution in [3.8, 4) is 11.4 Å². The highest BCUT2D eigenvalue weighted by Crippen LogP contribution is 2.41. The molecule has 0 spiro atoms. The number of carbonyl (C=O) groups is 2. The number of nitrogens with one attached hydrogen (secondary N) is 1. The maximum atomic E-state index is 13.4. The number of hydrogen-bond acceptors (Lipinski definition) is 5. The van der Waals surface area contributed by atoms with Gasteiger partial charge in [0.2, 0.25) is 5.95 Å². The Hall–Kier alpha value is -3.82. The zero-order chi connectivity index (χ0) is 21.0. The number of hydrogen-bond donors (Lipinski definition) is 1. The minimum atomic E-state index is -0.748. The SMILES string of the molecule is CN1C(=O)NC(=O)C2C1n1c(-c3ccc(F)cc3)nnc1N2Cc1ccc(F)cc1. The lowest BCUT2D eigenvalue weighted by Gasteiger charge is -2.37. The quantitative estimate of drug-likeness (QED) is 0.717. The molecule has 1 saturated heterocycles. The number of nitrogens with zero attached hydrogens (tertiary/aromatic N) is 5. The number of benzene rings is 2. The van der Waals surface area contributed by atoms with Gasteiger partial charge in [-0.05, 0) is 42.0 Å². The first-order chi connectivity index (χ1) is 14.4. The van der Waals surface area contributed by atoms with E-state index in [1.54, 1.807) is 40.8 Å². The summed E-state index contributed by atoms with van der Waals surface area (Å²) < 4.78 is 28.4. The molecule has 5 rings (SSSR count). The Labute approximate surface area is 169 Å². The van der Waals surface area contributed by atoms with Crippen LogP contribution in [0.1, 0.15) is 11.7 Å². The van der Waals surface area contributed by atoms with Crippen LogP contribution in [-0.4, -0.2) is 44.7 Å². The molecule has 0 aliphatic carbocycles. The number of imide groups is 1. The highest BCUT2D eigenvalue weighted by Gasteiger charge is 2.52. The number of halogens is 2. The lowest BCUT2D eigenvalue weighted by molar-refractivity contribution is -0.124. The van der Waals surface area contributed by atoms with E-state index in [4.69, 9.17) is 0 Å². The zero-order valence-electron chi connectivity index (χ0n) is 15.8. The Morgan fingerprint density at radius 2 is 1.60 bits per heavy atom. The predicted molar refractivity (Wildman–Crippen MR) is 102 cm³/mol. The van der Waals surface area contributed by atoms with Gasteiger partial charge in [0, 0.05) is 19.2 Å². The fraction of sp³-hybridized carbons (Fsp3) is 0.200. The van der Waals surface area contributed by atoms with Gasteiger partial charge in [-0.1, -0.05) is 12.1 Å². The molecule has 2 unspecified atom stereocenters. The first kappa shape index (κ1) is 18.2. The largest absolute Gasteiger partial charge is 0.325 e. The van der Waals surface area contributed by atoms with Crippen molar-refractivity contribution in [1.29, 1.82) is 0 Å². The van der Waals surface area contributed by atoms with E-state index in [2.05, 4.69) is 15.5 Å². The van der Waals surface area contributed by atoms with E-state index in [1.807, 2.05) is 0 Å². The van der Waals surface area contributed by atoms with Crippen LogP contribution < -0.4 is 10.2 Å². The smallest absolute Gasteiger partial charge is 0.321 e. The molecule has 0 radical (unpaired) electrons. The molecule has 0 bridgehead atoms. The van der Waals surface area contributed by atoms with E-state index in [0.717, 1.165) is 5.56 Å². The molecule has 1 fully saturated rings. The summed E-state index contributed by atoms with van der Waals surface area (Å²) in [6, 6.07) is 10.4. The van der Waals surface area contributed by atoms with Crippen molar-refractivity contribution in [3.63, 3.8) is 0 Å². The van der Waals surface area contributed by atoms with E-state index in [1.165, 1.54) is 29.2 Å². The molecule has 3 amide bonds. The summed E-state index contributed by atoms with van der Waals surface area (Å²) in [6.07, 6.45) is -0.684. The van der Waals surface area contributed by atoms with Crippen molar-refractivity contribution in [3.05, 3.63) is 65.7 Å². The monoisotopic (exact) mass is 410 g/mol. The molecule has 0 saturated carbocycles. The number of fused-ring (bicyclic) bond motifs is 3. The van der Waals surface area contributed by atoms with Gasteiger partial charge in [0.25, 0.3) is 5.91 Å². The molecule has 2 aliphatic heterocycles. The van der Waals surface area contributed by atoms with Crippen LogP contribution >= 0.6 is 0 Å². The van der Waals surface area contributed by atoms with Crippen molar-refractivity contribution in [2.45, 2.75) is 18.8 Å². The van der Waals surface area contributed by atoms with Gasteiger partial charge >= 0.3 is 6.03 Å². The van der Waals surface area contributed by atoms with E-state index >= 15 is 0 Å². The third kappa shape index (κ3) is 2.71. The van der Waals surface area contributed by atoms with Gasteiger partial charge < -0.3 is 9.80 Å². The van der Waals surface area contributed by atoms with E-state index < -0.39 is 24.1 Å². The molecule has 2 aliphatic rings. The Balaban J connectivity index is 1.63. The van der Waals surface area contributed by atoms with E-state index in [-0.39, 0.29) is 18.2 Å². The van der Waals surface area contributed by atoms with Crippen LogP contribution in [-0.2, 0) is 11.3 Å². The van der Waals surface area contributed by atoms with Crippen LogP contribution in [0, 0.1) is 11.6 Å². The second-order valence-electron chi connectivity index (χ2n) is 7.22. The standard InChI is InChI=1S/C20H16F2N6O2/c1-26-18-15(17(29)23-20(26)30)27(10-11-2-6-13(21)7-3-11)19-25-24-16(28(18)19)12-4-8-14(22)9-5-12/h2-9,15,18H,10H2,1H3,(H,23,29,30). The summed E-state index contributed by atoms with van der Waals surface area (Å²) in [7, 11) is 1.58. The topological polar surface area (TPSA) is 83.4 Å². The average Bonchev–Trinajstić information content (AvgIpc) is 3.28. The number of carbonyl (C=O) groups excluding carboxylic acids is 2. The van der Waals surface area contributed by atoms with Crippen LogP contribution in [0.3, 0.4) is 0 Å². The summed E-state index contributed by atoms with van der Waals surface area (Å²) in [4.78, 5) is 28.2. The first-order valence-corrected chi connectivity index (χ1v) is 9.23. The van der Waals surface area contributed by atoms with Crippen molar-refractivity contribution < 1.29 is 18.4 Å². The minimum Gasteiger partial charge on any atom is -0.321 e. The average molecular weight is 410 g/mol. The molecule has 1 N–H and O–H groups in total. The first-order valence-electron chi connectivity index (χ1n) is 9.23. The van der Waals surface area contributed by atoms with Crippen LogP contribution in [0.4, 0.5) is 19.5 Å². The Morgan fingerprint density at radius 3 is 2.27 bits per heavy atom. The van der Waals surface area contributed by atoms with Crippen molar-refractivity contribution in [2.75, 3.05) is 11.9 Å². The van der Waals surface area contributed by atoms with Gasteiger partial charge in [0.1, 0.15) is 17.8 Å². The molecule has 1 aromatic heterocycles. The number of rotatable bonds is 3. The molecule has 2 atom stereocenters. The molecule has 152 valence electrons. The van der Waals surface area contributed by atoms with Crippen LogP contribution in [0.15, 0.2) is 48.5 Å². The Kier molecular flexibility index (Phi) is 4.02. The Bertz CT molecular complexity index is 1150. The van der Waals surface area contributed by atoms with Gasteiger partial charge in [-0.25, -0.2) is 13.6 Å². The number of aromatic nitrogens is 3. The lowest BCUT2D eigenvalue weighted by atomic mass is 10.1. The molecule has 8 nitrogen and oxygen atoms in total. The number of amides is 3. The molecule has 2 aromatic carbocycles. The Morgan fingerprint density at radius 1 is 0.967 bits per heavy atom. The summed E-state index contributed by atoms with van der Waals surface area (Å²) in [5.41, 5.74) is 1.37. The second kappa shape index (κ2) is 6.61. The molecule has 10 heteroatoms. The van der Waals surface area contributed by atoms with Crippen LogP contribution in [0.5, 0.6) is 0 Å². The molecule has 3 heterocycles. The summed E-state index contributed by atoms with van der Waals surface area (Å²) >= 11 is 0. The van der Waals surface area contributed by atoms with E-state index in [0.29, 0.717) is 17.3 Å². The maximum absolute atomic E-state index is 13.4. The van der Waals surface area contributed by atoms with Crippen LogP contribution in [0.2, 0.25) is 0 Å². The van der Waals surface area contributed by atoms with Crippen LogP contribution in [0.25, 0.3) is 11.4 Å². The van der Waals surface area contributed by atoms with Gasteiger partial charge in [-0.15, -0.1) is 10.2 Å². The van der Waals surface area contributed by atoms with Crippen molar-refractivity contribution >= 4 is 17.9 Å². The number of anilines is 1. The fourth-order valence-corrected chi connectivity index (χ4v) is 3.95.